The van der Waals surface area contributed by atoms with Gasteiger partial charge in [-0.2, -0.15) is 5.26 Å². The third kappa shape index (κ3) is 4.50. The molecule has 19 heavy (non-hydrogen) atoms. The van der Waals surface area contributed by atoms with Crippen LogP contribution in [0.5, 0.6) is 0 Å². The highest BCUT2D eigenvalue weighted by molar-refractivity contribution is 7.16. The van der Waals surface area contributed by atoms with Crippen LogP contribution in [-0.4, -0.2) is 31.2 Å². The summed E-state index contributed by atoms with van der Waals surface area (Å²) in [5.41, 5.74) is -0.215. The number of ether oxygens (including phenoxy) is 2. The molecule has 0 aliphatic rings. The molecule has 0 atom stereocenters. The molecule has 0 unspecified atom stereocenters. The van der Waals surface area contributed by atoms with Crippen molar-refractivity contribution in [3.63, 3.8) is 0 Å². The van der Waals surface area contributed by atoms with Crippen molar-refractivity contribution in [1.29, 1.82) is 5.26 Å². The number of rotatable bonds is 6. The molecule has 0 saturated carbocycles. The molecule has 1 aromatic rings. The smallest absolute Gasteiger partial charge is 0.349 e. The van der Waals surface area contributed by atoms with Crippen LogP contribution in [0, 0.1) is 21.4 Å². The predicted octanol–water partition coefficient (Wildman–Crippen LogP) is 1.75. The zero-order valence-electron chi connectivity index (χ0n) is 9.99. The average molecular weight is 282 g/mol. The molecule has 0 N–H and O–H groups in total. The van der Waals surface area contributed by atoms with Crippen LogP contribution in [0.25, 0.3) is 6.08 Å². The summed E-state index contributed by atoms with van der Waals surface area (Å²) in [6.07, 6.45) is 1.26. The van der Waals surface area contributed by atoms with Crippen LogP contribution >= 0.6 is 11.3 Å². The van der Waals surface area contributed by atoms with Crippen molar-refractivity contribution in [3.8, 4) is 6.07 Å². The number of esters is 1. The number of hydrogen-bond donors (Lipinski definition) is 0. The van der Waals surface area contributed by atoms with E-state index in [1.54, 1.807) is 6.07 Å². The van der Waals surface area contributed by atoms with Gasteiger partial charge in [0.15, 0.2) is 0 Å². The molecule has 7 nitrogen and oxygen atoms in total. The Morgan fingerprint density at radius 3 is 2.84 bits per heavy atom. The van der Waals surface area contributed by atoms with Crippen LogP contribution < -0.4 is 0 Å². The van der Waals surface area contributed by atoms with E-state index in [4.69, 9.17) is 14.7 Å². The Kier molecular flexibility index (Phi) is 5.66. The minimum atomic E-state index is -0.782. The molecule has 8 heteroatoms. The van der Waals surface area contributed by atoms with E-state index in [2.05, 4.69) is 0 Å². The first-order valence-electron chi connectivity index (χ1n) is 5.10. The summed E-state index contributed by atoms with van der Waals surface area (Å²) in [6.45, 7) is 0.272. The van der Waals surface area contributed by atoms with Crippen molar-refractivity contribution in [2.45, 2.75) is 0 Å². The van der Waals surface area contributed by atoms with Gasteiger partial charge in [0.1, 0.15) is 18.2 Å². The third-order valence-electron chi connectivity index (χ3n) is 1.94. The standard InChI is InChI=1S/C11H10N2O5S/c1-17-4-5-18-11(14)8(7-12)6-9-2-3-10(19-9)13(15)16/h2-3,6H,4-5H2,1H3/b8-6+. The lowest BCUT2D eigenvalue weighted by Gasteiger charge is -2.01. The average Bonchev–Trinajstić information content (AvgIpc) is 2.84. The van der Waals surface area contributed by atoms with E-state index in [0.29, 0.717) is 4.88 Å². The van der Waals surface area contributed by atoms with E-state index >= 15 is 0 Å². The molecule has 0 fully saturated rings. The largest absolute Gasteiger partial charge is 0.459 e. The fraction of sp³-hybridized carbons (Fsp3) is 0.273. The first-order chi connectivity index (χ1) is 9.08. The Bertz CT molecular complexity index is 544. The number of methoxy groups -OCH3 is 1. The zero-order valence-corrected chi connectivity index (χ0v) is 10.8. The fourth-order valence-corrected chi connectivity index (χ4v) is 1.86. The fourth-order valence-electron chi connectivity index (χ4n) is 1.09. The molecule has 0 spiro atoms. The Hall–Kier alpha value is -2.24. The van der Waals surface area contributed by atoms with Crippen molar-refractivity contribution in [2.75, 3.05) is 20.3 Å². The summed E-state index contributed by atoms with van der Waals surface area (Å²) in [5.74, 6) is -0.782. The van der Waals surface area contributed by atoms with E-state index in [-0.39, 0.29) is 23.8 Å². The van der Waals surface area contributed by atoms with Gasteiger partial charge in [0.25, 0.3) is 0 Å². The molecule has 0 radical (unpaired) electrons. The maximum absolute atomic E-state index is 11.5. The van der Waals surface area contributed by atoms with E-state index < -0.39 is 10.9 Å². The van der Waals surface area contributed by atoms with Crippen molar-refractivity contribution >= 4 is 28.4 Å². The van der Waals surface area contributed by atoms with E-state index in [1.807, 2.05) is 0 Å². The van der Waals surface area contributed by atoms with Gasteiger partial charge in [0, 0.05) is 18.1 Å². The lowest BCUT2D eigenvalue weighted by molar-refractivity contribution is -0.380. The quantitative estimate of drug-likeness (QED) is 0.197. The van der Waals surface area contributed by atoms with Crippen LogP contribution in [0.4, 0.5) is 5.00 Å². The van der Waals surface area contributed by atoms with Gasteiger partial charge in [-0.25, -0.2) is 4.79 Å². The van der Waals surface area contributed by atoms with Crippen LogP contribution in [0.15, 0.2) is 17.7 Å². The molecule has 100 valence electrons. The van der Waals surface area contributed by atoms with E-state index in [9.17, 15) is 14.9 Å². The van der Waals surface area contributed by atoms with Crippen molar-refractivity contribution < 1.29 is 19.2 Å². The Labute approximate surface area is 112 Å². The molecule has 1 heterocycles. The topological polar surface area (TPSA) is 102 Å². The van der Waals surface area contributed by atoms with E-state index in [1.165, 1.54) is 25.3 Å². The molecule has 0 aliphatic heterocycles. The van der Waals surface area contributed by atoms with Crippen LogP contribution in [0.2, 0.25) is 0 Å². The van der Waals surface area contributed by atoms with Gasteiger partial charge in [-0.1, -0.05) is 11.3 Å². The van der Waals surface area contributed by atoms with Crippen molar-refractivity contribution in [3.05, 3.63) is 32.7 Å². The molecule has 0 aliphatic carbocycles. The van der Waals surface area contributed by atoms with Gasteiger partial charge in [-0.3, -0.25) is 10.1 Å². The number of carbonyl (C=O) groups is 1. The van der Waals surface area contributed by atoms with Crippen LogP contribution in [0.1, 0.15) is 4.88 Å². The van der Waals surface area contributed by atoms with Gasteiger partial charge < -0.3 is 9.47 Å². The Morgan fingerprint density at radius 1 is 1.58 bits per heavy atom. The molecule has 0 aromatic carbocycles. The van der Waals surface area contributed by atoms with Crippen molar-refractivity contribution in [1.82, 2.24) is 0 Å². The van der Waals surface area contributed by atoms with Gasteiger partial charge in [-0.15, -0.1) is 0 Å². The first kappa shape index (κ1) is 14.8. The summed E-state index contributed by atoms with van der Waals surface area (Å²) >= 11 is 0.871. The normalized spacial score (nSPS) is 10.8. The zero-order chi connectivity index (χ0) is 14.3. The second-order valence-corrected chi connectivity index (χ2v) is 4.33. The highest BCUT2D eigenvalue weighted by Crippen LogP contribution is 2.25. The lowest BCUT2D eigenvalue weighted by atomic mass is 10.2. The number of nitriles is 1. The number of carbonyl (C=O) groups excluding carboxylic acids is 1. The van der Waals surface area contributed by atoms with Crippen LogP contribution in [0.3, 0.4) is 0 Å². The van der Waals surface area contributed by atoms with Crippen molar-refractivity contribution in [2.24, 2.45) is 0 Å². The minimum absolute atomic E-state index is 0.0406. The van der Waals surface area contributed by atoms with Gasteiger partial charge in [0.05, 0.1) is 11.5 Å². The first-order valence-corrected chi connectivity index (χ1v) is 5.92. The maximum atomic E-state index is 11.5. The number of hydrogen-bond acceptors (Lipinski definition) is 7. The van der Waals surface area contributed by atoms with Gasteiger partial charge in [-0.05, 0) is 12.1 Å². The second-order valence-electron chi connectivity index (χ2n) is 3.23. The molecule has 1 rings (SSSR count). The molecular weight excluding hydrogens is 272 g/mol. The minimum Gasteiger partial charge on any atom is -0.459 e. The lowest BCUT2D eigenvalue weighted by Crippen LogP contribution is -2.10. The predicted molar refractivity (Wildman–Crippen MR) is 67.4 cm³/mol. The second kappa shape index (κ2) is 7.25. The SMILES string of the molecule is COCCOC(=O)/C(C#N)=C/c1ccc([N+](=O)[O-])s1. The summed E-state index contributed by atoms with van der Waals surface area (Å²) in [5, 5.41) is 19.3. The maximum Gasteiger partial charge on any atom is 0.349 e. The number of thiophene rings is 1. The van der Waals surface area contributed by atoms with Gasteiger partial charge in [0.2, 0.25) is 0 Å². The molecular formula is C11H10N2O5S. The van der Waals surface area contributed by atoms with Gasteiger partial charge >= 0.3 is 11.0 Å². The van der Waals surface area contributed by atoms with E-state index in [0.717, 1.165) is 11.3 Å². The molecule has 0 amide bonds. The highest BCUT2D eigenvalue weighted by atomic mass is 32.1. The monoisotopic (exact) mass is 282 g/mol. The third-order valence-corrected chi connectivity index (χ3v) is 2.92. The Morgan fingerprint density at radius 2 is 2.32 bits per heavy atom. The molecule has 0 saturated heterocycles. The molecule has 0 bridgehead atoms. The number of nitrogens with zero attached hydrogens (tertiary/aromatic N) is 2. The molecule has 1 aromatic heterocycles. The summed E-state index contributed by atoms with van der Waals surface area (Å²) in [6, 6.07) is 4.47. The summed E-state index contributed by atoms with van der Waals surface area (Å²) in [7, 11) is 1.46. The highest BCUT2D eigenvalue weighted by Gasteiger charge is 2.13. The Balaban J connectivity index is 2.78. The van der Waals surface area contributed by atoms with Crippen LogP contribution in [-0.2, 0) is 14.3 Å². The summed E-state index contributed by atoms with van der Waals surface area (Å²) < 4.78 is 9.48. The number of nitro groups is 1. The summed E-state index contributed by atoms with van der Waals surface area (Å²) in [4.78, 5) is 21.9.